The smallest absolute Gasteiger partial charge is 0.244 e. The summed E-state index contributed by atoms with van der Waals surface area (Å²) in [5.41, 5.74) is 0. The van der Waals surface area contributed by atoms with Crippen molar-refractivity contribution in [3.63, 3.8) is 0 Å². The topological polar surface area (TPSA) is 29.1 Å². The molecule has 0 aromatic rings. The summed E-state index contributed by atoms with van der Waals surface area (Å²) in [5.74, 6) is 6.10. The van der Waals surface area contributed by atoms with Gasteiger partial charge in [-0.25, -0.2) is 0 Å². The van der Waals surface area contributed by atoms with Gasteiger partial charge in [0.2, 0.25) is 5.91 Å². The SMILES string of the molecule is CC#CCNC(=O)/C=C/C1CC1. The molecule has 0 radical (unpaired) electrons. The maximum absolute atomic E-state index is 11.0. The van der Waals surface area contributed by atoms with Crippen LogP contribution in [0.3, 0.4) is 0 Å². The van der Waals surface area contributed by atoms with Crippen molar-refractivity contribution in [2.75, 3.05) is 6.54 Å². The lowest BCUT2D eigenvalue weighted by atomic mass is 10.3. The fourth-order valence-electron chi connectivity index (χ4n) is 0.791. The minimum absolute atomic E-state index is 0.0374. The van der Waals surface area contributed by atoms with E-state index in [4.69, 9.17) is 0 Å². The molecule has 2 nitrogen and oxygen atoms in total. The molecule has 0 saturated heterocycles. The first-order valence-corrected chi connectivity index (χ1v) is 4.18. The molecule has 12 heavy (non-hydrogen) atoms. The van der Waals surface area contributed by atoms with Gasteiger partial charge in [-0.15, -0.1) is 5.92 Å². The van der Waals surface area contributed by atoms with Crippen molar-refractivity contribution < 1.29 is 4.79 Å². The maximum Gasteiger partial charge on any atom is 0.244 e. The van der Waals surface area contributed by atoms with Gasteiger partial charge in [0.25, 0.3) is 0 Å². The van der Waals surface area contributed by atoms with Gasteiger partial charge in [0.15, 0.2) is 0 Å². The van der Waals surface area contributed by atoms with E-state index in [1.165, 1.54) is 12.8 Å². The highest BCUT2D eigenvalue weighted by Gasteiger charge is 2.17. The molecule has 64 valence electrons. The van der Waals surface area contributed by atoms with E-state index in [0.29, 0.717) is 12.5 Å². The number of carbonyl (C=O) groups excluding carboxylic acids is 1. The van der Waals surface area contributed by atoms with Crippen LogP contribution in [0, 0.1) is 17.8 Å². The quantitative estimate of drug-likeness (QED) is 0.490. The lowest BCUT2D eigenvalue weighted by Crippen LogP contribution is -2.20. The van der Waals surface area contributed by atoms with Crippen LogP contribution in [0.1, 0.15) is 19.8 Å². The van der Waals surface area contributed by atoms with Crippen LogP contribution in [-0.2, 0) is 4.79 Å². The zero-order chi connectivity index (χ0) is 8.81. The van der Waals surface area contributed by atoms with Crippen molar-refractivity contribution in [3.05, 3.63) is 12.2 Å². The van der Waals surface area contributed by atoms with Gasteiger partial charge in [-0.05, 0) is 31.8 Å². The van der Waals surface area contributed by atoms with Gasteiger partial charge in [0.05, 0.1) is 6.54 Å². The van der Waals surface area contributed by atoms with Gasteiger partial charge in [0, 0.05) is 0 Å². The molecule has 1 amide bonds. The number of amides is 1. The Morgan fingerprint density at radius 1 is 1.67 bits per heavy atom. The monoisotopic (exact) mass is 163 g/mol. The van der Waals surface area contributed by atoms with Crippen molar-refractivity contribution in [1.29, 1.82) is 0 Å². The lowest BCUT2D eigenvalue weighted by molar-refractivity contribution is -0.116. The molecule has 0 atom stereocenters. The van der Waals surface area contributed by atoms with Crippen LogP contribution in [0.5, 0.6) is 0 Å². The zero-order valence-electron chi connectivity index (χ0n) is 7.26. The molecule has 1 rings (SSSR count). The predicted molar refractivity (Wildman–Crippen MR) is 48.3 cm³/mol. The Morgan fingerprint density at radius 2 is 2.42 bits per heavy atom. The van der Waals surface area contributed by atoms with Gasteiger partial charge < -0.3 is 5.32 Å². The molecule has 0 aliphatic heterocycles. The van der Waals surface area contributed by atoms with Gasteiger partial charge in [-0.2, -0.15) is 0 Å². The fraction of sp³-hybridized carbons (Fsp3) is 0.500. The van der Waals surface area contributed by atoms with Crippen molar-refractivity contribution in [2.24, 2.45) is 5.92 Å². The summed E-state index contributed by atoms with van der Waals surface area (Å²) in [6, 6.07) is 0. The van der Waals surface area contributed by atoms with E-state index in [9.17, 15) is 4.79 Å². The van der Waals surface area contributed by atoms with Gasteiger partial charge in [-0.1, -0.05) is 12.0 Å². The van der Waals surface area contributed by atoms with E-state index in [1.807, 2.05) is 6.08 Å². The van der Waals surface area contributed by atoms with Gasteiger partial charge in [-0.3, -0.25) is 4.79 Å². The first-order valence-electron chi connectivity index (χ1n) is 4.18. The minimum Gasteiger partial charge on any atom is -0.342 e. The van der Waals surface area contributed by atoms with Crippen LogP contribution < -0.4 is 5.32 Å². The van der Waals surface area contributed by atoms with Crippen LogP contribution in [0.4, 0.5) is 0 Å². The fourth-order valence-corrected chi connectivity index (χ4v) is 0.791. The molecule has 1 saturated carbocycles. The number of hydrogen-bond acceptors (Lipinski definition) is 1. The van der Waals surface area contributed by atoms with E-state index in [-0.39, 0.29) is 5.91 Å². The molecule has 0 aromatic heterocycles. The third-order valence-electron chi connectivity index (χ3n) is 1.67. The maximum atomic E-state index is 11.0. The second-order valence-electron chi connectivity index (χ2n) is 2.84. The summed E-state index contributed by atoms with van der Waals surface area (Å²) in [7, 11) is 0. The Morgan fingerprint density at radius 3 is 3.00 bits per heavy atom. The molecule has 0 heterocycles. The summed E-state index contributed by atoms with van der Waals surface area (Å²) in [5, 5.41) is 2.67. The Kier molecular flexibility index (Phi) is 3.40. The summed E-state index contributed by atoms with van der Waals surface area (Å²) >= 11 is 0. The van der Waals surface area contributed by atoms with E-state index in [1.54, 1.807) is 13.0 Å². The summed E-state index contributed by atoms with van der Waals surface area (Å²) in [4.78, 5) is 11.0. The summed E-state index contributed by atoms with van der Waals surface area (Å²) in [6.45, 7) is 2.20. The molecule has 1 aliphatic carbocycles. The molecule has 1 N–H and O–H groups in total. The highest BCUT2D eigenvalue weighted by molar-refractivity contribution is 5.87. The van der Waals surface area contributed by atoms with Crippen molar-refractivity contribution in [1.82, 2.24) is 5.32 Å². The highest BCUT2D eigenvalue weighted by atomic mass is 16.1. The zero-order valence-corrected chi connectivity index (χ0v) is 7.26. The normalized spacial score (nSPS) is 15.4. The summed E-state index contributed by atoms with van der Waals surface area (Å²) < 4.78 is 0. The Balaban J connectivity index is 2.12. The van der Waals surface area contributed by atoms with Gasteiger partial charge in [0.1, 0.15) is 0 Å². The molecular weight excluding hydrogens is 150 g/mol. The van der Waals surface area contributed by atoms with E-state index < -0.39 is 0 Å². The number of rotatable bonds is 3. The number of nitrogens with one attached hydrogen (secondary N) is 1. The van der Waals surface area contributed by atoms with Crippen LogP contribution in [0.25, 0.3) is 0 Å². The molecule has 0 aromatic carbocycles. The van der Waals surface area contributed by atoms with Crippen molar-refractivity contribution in [3.8, 4) is 11.8 Å². The van der Waals surface area contributed by atoms with Gasteiger partial charge >= 0.3 is 0 Å². The van der Waals surface area contributed by atoms with E-state index in [2.05, 4.69) is 17.2 Å². The molecule has 0 bridgehead atoms. The average Bonchev–Trinajstić information content (AvgIpc) is 2.84. The molecule has 2 heteroatoms. The second-order valence-corrected chi connectivity index (χ2v) is 2.84. The van der Waals surface area contributed by atoms with E-state index in [0.717, 1.165) is 0 Å². The molecule has 0 spiro atoms. The van der Waals surface area contributed by atoms with Crippen molar-refractivity contribution >= 4 is 5.91 Å². The van der Waals surface area contributed by atoms with Crippen LogP contribution >= 0.6 is 0 Å². The number of carbonyl (C=O) groups is 1. The molecule has 0 unspecified atom stereocenters. The Bertz CT molecular complexity index is 240. The largest absolute Gasteiger partial charge is 0.342 e. The van der Waals surface area contributed by atoms with Crippen LogP contribution in [-0.4, -0.2) is 12.5 Å². The predicted octanol–water partition coefficient (Wildman–Crippen LogP) is 1.09. The number of allylic oxidation sites excluding steroid dienone is 1. The highest BCUT2D eigenvalue weighted by Crippen LogP contribution is 2.29. The van der Waals surface area contributed by atoms with Crippen molar-refractivity contribution in [2.45, 2.75) is 19.8 Å². The molecular formula is C10H13NO. The third-order valence-corrected chi connectivity index (χ3v) is 1.67. The first-order chi connectivity index (χ1) is 5.83. The lowest BCUT2D eigenvalue weighted by Gasteiger charge is -1.92. The standard InChI is InChI=1S/C10H13NO/c1-2-3-8-11-10(12)7-6-9-4-5-9/h6-7,9H,4-5,8H2,1H3,(H,11,12)/b7-6+. The molecule has 1 fully saturated rings. The summed E-state index contributed by atoms with van der Waals surface area (Å²) in [6.07, 6.45) is 6.04. The third kappa shape index (κ3) is 3.82. The Labute approximate surface area is 73.0 Å². The minimum atomic E-state index is -0.0374. The molecule has 1 aliphatic rings. The van der Waals surface area contributed by atoms with Crippen LogP contribution in [0.2, 0.25) is 0 Å². The number of hydrogen-bond donors (Lipinski definition) is 1. The van der Waals surface area contributed by atoms with E-state index >= 15 is 0 Å². The average molecular weight is 163 g/mol. The second kappa shape index (κ2) is 4.61. The first kappa shape index (κ1) is 8.86. The Hall–Kier alpha value is -1.23. The van der Waals surface area contributed by atoms with Crippen LogP contribution in [0.15, 0.2) is 12.2 Å².